The number of carboxylic acid groups (broad SMARTS) is 1. The molecule has 2 fully saturated rings. The van der Waals surface area contributed by atoms with Crippen LogP contribution in [-0.2, 0) is 4.74 Å². The van der Waals surface area contributed by atoms with Crippen molar-refractivity contribution in [3.63, 3.8) is 0 Å². The summed E-state index contributed by atoms with van der Waals surface area (Å²) in [5, 5.41) is 15.4. The molecule has 2 aliphatic rings. The van der Waals surface area contributed by atoms with Gasteiger partial charge in [-0.15, -0.1) is 0 Å². The number of nitrogens with one attached hydrogen (secondary N) is 2. The van der Waals surface area contributed by atoms with E-state index in [1.807, 2.05) is 0 Å². The molecule has 44 heavy (non-hydrogen) atoms. The first-order valence-electron chi connectivity index (χ1n) is 16.1. The van der Waals surface area contributed by atoms with Crippen LogP contribution in [0.25, 0.3) is 0 Å². The van der Waals surface area contributed by atoms with Crippen LogP contribution in [0.15, 0.2) is 12.4 Å². The topological polar surface area (TPSA) is 146 Å². The van der Waals surface area contributed by atoms with E-state index in [4.69, 9.17) is 9.84 Å². The highest BCUT2D eigenvalue weighted by molar-refractivity contribution is 5.90. The van der Waals surface area contributed by atoms with Crippen molar-refractivity contribution in [2.24, 2.45) is 11.8 Å². The number of anilines is 2. The van der Waals surface area contributed by atoms with Crippen LogP contribution in [-0.4, -0.2) is 107 Å². The molecule has 2 saturated heterocycles. The molecule has 0 atom stereocenters. The zero-order valence-electron chi connectivity index (χ0n) is 27.3. The number of hydrogen-bond acceptors (Lipinski definition) is 11. The Labute approximate surface area is 262 Å². The maximum absolute atomic E-state index is 11.7. The van der Waals surface area contributed by atoms with Crippen molar-refractivity contribution in [2.45, 2.75) is 72.1 Å². The second kappa shape index (κ2) is 18.4. The minimum Gasteiger partial charge on any atom is -0.478 e. The molecule has 0 spiro atoms. The van der Waals surface area contributed by atoms with Gasteiger partial charge in [-0.05, 0) is 124 Å². The molecular formula is C32H52N8O4. The zero-order valence-corrected chi connectivity index (χ0v) is 27.3. The van der Waals surface area contributed by atoms with Gasteiger partial charge in [-0.25, -0.2) is 29.5 Å². The minimum absolute atomic E-state index is 0.159. The van der Waals surface area contributed by atoms with Crippen LogP contribution in [0.3, 0.4) is 0 Å². The third-order valence-corrected chi connectivity index (χ3v) is 8.51. The number of carbonyl (C=O) groups is 2. The number of piperidine rings is 2. The van der Waals surface area contributed by atoms with Crippen LogP contribution < -0.4 is 10.6 Å². The van der Waals surface area contributed by atoms with Crippen LogP contribution in [0.4, 0.5) is 11.9 Å². The van der Waals surface area contributed by atoms with E-state index >= 15 is 0 Å². The van der Waals surface area contributed by atoms with Gasteiger partial charge in [0, 0.05) is 25.5 Å². The third-order valence-electron chi connectivity index (χ3n) is 8.51. The zero-order chi connectivity index (χ0) is 31.9. The van der Waals surface area contributed by atoms with Gasteiger partial charge in [0.2, 0.25) is 11.9 Å². The molecule has 0 bridgehead atoms. The van der Waals surface area contributed by atoms with E-state index in [9.17, 15) is 9.59 Å². The van der Waals surface area contributed by atoms with Gasteiger partial charge in [-0.1, -0.05) is 0 Å². The lowest BCUT2D eigenvalue weighted by Crippen LogP contribution is -2.30. The monoisotopic (exact) mass is 612 g/mol. The fourth-order valence-electron chi connectivity index (χ4n) is 5.61. The SMILES string of the molecule is CCOC(=O)c1cnc(NCCCC2CCN(C)CC2)nc1C.Cc1nc(NCCCC2CCN(C)CC2)ncc1C(=O)O. The summed E-state index contributed by atoms with van der Waals surface area (Å²) in [4.78, 5) is 44.2. The summed E-state index contributed by atoms with van der Waals surface area (Å²) in [6.45, 7) is 12.2. The Balaban J connectivity index is 0.000000241. The number of nitrogens with zero attached hydrogens (tertiary/aromatic N) is 6. The number of likely N-dealkylation sites (tertiary alicyclic amines) is 2. The standard InChI is InChI=1S/C17H28N4O2.C15H24N4O2/c1-4-23-16(22)15-12-19-17(20-13(15)2)18-9-5-6-14-7-10-21(3)11-8-14;1-11-13(14(20)21)10-17-15(18-11)16-7-3-4-12-5-8-19(2)9-6-12/h12,14H,4-11H2,1-3H3,(H,18,19,20);10,12H,3-9H2,1-2H3,(H,20,21)(H,16,17,18). The molecule has 2 aromatic rings. The summed E-state index contributed by atoms with van der Waals surface area (Å²) < 4.78 is 4.98. The molecule has 244 valence electrons. The van der Waals surface area contributed by atoms with Gasteiger partial charge < -0.3 is 30.3 Å². The summed E-state index contributed by atoms with van der Waals surface area (Å²) >= 11 is 0. The largest absolute Gasteiger partial charge is 0.478 e. The van der Waals surface area contributed by atoms with Crippen molar-refractivity contribution in [1.82, 2.24) is 29.7 Å². The number of carbonyl (C=O) groups excluding carboxylic acids is 1. The Kier molecular flexibility index (Phi) is 14.7. The molecule has 0 radical (unpaired) electrons. The highest BCUT2D eigenvalue weighted by atomic mass is 16.5. The van der Waals surface area contributed by atoms with E-state index < -0.39 is 5.97 Å². The quantitative estimate of drug-likeness (QED) is 0.216. The van der Waals surface area contributed by atoms with Crippen molar-refractivity contribution >= 4 is 23.8 Å². The van der Waals surface area contributed by atoms with Crippen molar-refractivity contribution in [2.75, 3.05) is 70.6 Å². The first kappa shape index (κ1) is 35.1. The van der Waals surface area contributed by atoms with Crippen molar-refractivity contribution in [3.8, 4) is 0 Å². The average molecular weight is 613 g/mol. The number of rotatable bonds is 13. The maximum atomic E-state index is 11.7. The molecule has 4 heterocycles. The minimum atomic E-state index is -0.985. The van der Waals surface area contributed by atoms with Gasteiger partial charge in [0.1, 0.15) is 0 Å². The van der Waals surface area contributed by atoms with Crippen molar-refractivity contribution in [3.05, 3.63) is 34.9 Å². The Hall–Kier alpha value is -3.38. The van der Waals surface area contributed by atoms with E-state index in [2.05, 4.69) is 54.5 Å². The molecule has 0 amide bonds. The lowest BCUT2D eigenvalue weighted by atomic mass is 9.92. The van der Waals surface area contributed by atoms with Gasteiger partial charge >= 0.3 is 11.9 Å². The summed E-state index contributed by atoms with van der Waals surface area (Å²) in [5.41, 5.74) is 1.74. The molecule has 0 aromatic carbocycles. The van der Waals surface area contributed by atoms with E-state index in [1.54, 1.807) is 27.0 Å². The molecule has 2 aliphatic heterocycles. The number of aryl methyl sites for hydroxylation is 2. The van der Waals surface area contributed by atoms with Crippen LogP contribution in [0.2, 0.25) is 0 Å². The predicted octanol–water partition coefficient (Wildman–Crippen LogP) is 4.51. The smallest absolute Gasteiger partial charge is 0.341 e. The Morgan fingerprint density at radius 3 is 1.64 bits per heavy atom. The van der Waals surface area contributed by atoms with E-state index in [0.717, 1.165) is 37.8 Å². The fourth-order valence-corrected chi connectivity index (χ4v) is 5.61. The normalized spacial score (nSPS) is 16.6. The number of aromatic carboxylic acids is 1. The third kappa shape index (κ3) is 12.0. The molecule has 0 aliphatic carbocycles. The molecule has 0 unspecified atom stereocenters. The first-order chi connectivity index (χ1) is 21.2. The van der Waals surface area contributed by atoms with E-state index in [-0.39, 0.29) is 11.5 Å². The highest BCUT2D eigenvalue weighted by Crippen LogP contribution is 2.22. The molecule has 12 heteroatoms. The summed E-state index contributed by atoms with van der Waals surface area (Å²) in [5.74, 6) is 1.43. The number of aromatic nitrogens is 4. The molecule has 4 rings (SSSR count). The van der Waals surface area contributed by atoms with Crippen molar-refractivity contribution in [1.29, 1.82) is 0 Å². The molecule has 12 nitrogen and oxygen atoms in total. The maximum Gasteiger partial charge on any atom is 0.341 e. The lowest BCUT2D eigenvalue weighted by Gasteiger charge is -2.28. The van der Waals surface area contributed by atoms with Gasteiger partial charge in [0.25, 0.3) is 0 Å². The second-order valence-electron chi connectivity index (χ2n) is 12.0. The Morgan fingerprint density at radius 1 is 0.818 bits per heavy atom. The van der Waals surface area contributed by atoms with Crippen LogP contribution in [0.5, 0.6) is 0 Å². The number of esters is 1. The van der Waals surface area contributed by atoms with Crippen LogP contribution in [0, 0.1) is 25.7 Å². The van der Waals surface area contributed by atoms with Gasteiger partial charge in [-0.3, -0.25) is 0 Å². The average Bonchev–Trinajstić information content (AvgIpc) is 3.00. The summed E-state index contributed by atoms with van der Waals surface area (Å²) in [6, 6.07) is 0. The Bertz CT molecular complexity index is 1180. The second-order valence-corrected chi connectivity index (χ2v) is 12.0. The molecule has 3 N–H and O–H groups in total. The lowest BCUT2D eigenvalue weighted by molar-refractivity contribution is 0.0524. The number of hydrogen-bond donors (Lipinski definition) is 3. The first-order valence-corrected chi connectivity index (χ1v) is 16.1. The van der Waals surface area contributed by atoms with Crippen molar-refractivity contribution < 1.29 is 19.4 Å². The number of carboxylic acids is 1. The fraction of sp³-hybridized carbons (Fsp3) is 0.688. The molecule has 2 aromatic heterocycles. The molecular weight excluding hydrogens is 560 g/mol. The van der Waals surface area contributed by atoms with E-state index in [0.29, 0.717) is 35.5 Å². The summed E-state index contributed by atoms with van der Waals surface area (Å²) in [6.07, 6.45) is 12.8. The van der Waals surface area contributed by atoms with E-state index in [1.165, 1.54) is 70.9 Å². The highest BCUT2D eigenvalue weighted by Gasteiger charge is 2.17. The summed E-state index contributed by atoms with van der Waals surface area (Å²) in [7, 11) is 4.37. The van der Waals surface area contributed by atoms with Gasteiger partial charge in [0.15, 0.2) is 0 Å². The Morgan fingerprint density at radius 2 is 1.25 bits per heavy atom. The van der Waals surface area contributed by atoms with Crippen LogP contribution in [0.1, 0.15) is 90.4 Å². The van der Waals surface area contributed by atoms with Gasteiger partial charge in [-0.2, -0.15) is 0 Å². The predicted molar refractivity (Wildman–Crippen MR) is 172 cm³/mol. The number of ether oxygens (including phenoxy) is 1. The van der Waals surface area contributed by atoms with Gasteiger partial charge in [0.05, 0.1) is 29.1 Å². The van der Waals surface area contributed by atoms with Crippen LogP contribution >= 0.6 is 0 Å². The molecule has 0 saturated carbocycles.